The molecule has 5 nitrogen and oxygen atoms in total. The molecule has 9 heteroatoms. The van der Waals surface area contributed by atoms with Crippen molar-refractivity contribution in [3.8, 4) is 5.75 Å². The van der Waals surface area contributed by atoms with E-state index in [-0.39, 0.29) is 17.4 Å². The molecular weight excluding hydrogens is 390 g/mol. The number of carbonyl (C=O) groups is 1. The Morgan fingerprint density at radius 2 is 2.03 bits per heavy atom. The molecule has 2 aromatic rings. The molecule has 1 saturated heterocycles. The molecule has 0 saturated carbocycles. The first-order chi connectivity index (χ1) is 13.6. The van der Waals surface area contributed by atoms with Gasteiger partial charge >= 0.3 is 12.3 Å². The van der Waals surface area contributed by atoms with Crippen LogP contribution in [0.1, 0.15) is 23.6 Å². The lowest BCUT2D eigenvalue weighted by Gasteiger charge is -2.39. The fourth-order valence-corrected chi connectivity index (χ4v) is 3.46. The van der Waals surface area contributed by atoms with Gasteiger partial charge in [-0.2, -0.15) is 13.2 Å². The highest BCUT2D eigenvalue weighted by atomic mass is 19.4. The van der Waals surface area contributed by atoms with Crippen LogP contribution in [0.5, 0.6) is 5.75 Å². The Balaban J connectivity index is 1.62. The highest BCUT2D eigenvalue weighted by Gasteiger charge is 2.34. The van der Waals surface area contributed by atoms with Crippen molar-refractivity contribution in [3.63, 3.8) is 0 Å². The first kappa shape index (κ1) is 21.0. The predicted molar refractivity (Wildman–Crippen MR) is 97.8 cm³/mol. The second kappa shape index (κ2) is 8.36. The van der Waals surface area contributed by atoms with Crippen LogP contribution in [0.25, 0.3) is 0 Å². The van der Waals surface area contributed by atoms with Gasteiger partial charge in [0.15, 0.2) is 5.75 Å². The summed E-state index contributed by atoms with van der Waals surface area (Å²) in [6.45, 7) is 4.97. The van der Waals surface area contributed by atoms with Crippen molar-refractivity contribution in [3.05, 3.63) is 59.2 Å². The van der Waals surface area contributed by atoms with Crippen LogP contribution in [0.3, 0.4) is 0 Å². The summed E-state index contributed by atoms with van der Waals surface area (Å²) in [6, 6.07) is 5.03. The number of rotatable bonds is 3. The zero-order valence-electron chi connectivity index (χ0n) is 16.0. The Morgan fingerprint density at radius 3 is 2.69 bits per heavy atom. The normalized spacial score (nSPS) is 18.0. The van der Waals surface area contributed by atoms with Gasteiger partial charge in [-0.25, -0.2) is 9.18 Å². The molecule has 156 valence electrons. The molecule has 1 atom stereocenters. The van der Waals surface area contributed by atoms with Gasteiger partial charge in [0.2, 0.25) is 0 Å². The number of alkyl halides is 3. The van der Waals surface area contributed by atoms with Crippen molar-refractivity contribution in [2.45, 2.75) is 32.6 Å². The second-order valence-corrected chi connectivity index (χ2v) is 7.07. The number of benzene rings is 1. The molecule has 1 aliphatic heterocycles. The van der Waals surface area contributed by atoms with Crippen LogP contribution >= 0.6 is 0 Å². The zero-order valence-corrected chi connectivity index (χ0v) is 16.0. The number of nitrogens with zero attached hydrogens (tertiary/aromatic N) is 3. The van der Waals surface area contributed by atoms with Crippen LogP contribution < -0.4 is 4.74 Å². The molecule has 0 aliphatic carbocycles. The smallest absolute Gasteiger partial charge is 0.408 e. The summed E-state index contributed by atoms with van der Waals surface area (Å²) in [6.07, 6.45) is -2.74. The topological polar surface area (TPSA) is 45.7 Å². The van der Waals surface area contributed by atoms with Crippen molar-refractivity contribution >= 4 is 6.09 Å². The fourth-order valence-electron chi connectivity index (χ4n) is 3.46. The van der Waals surface area contributed by atoms with E-state index in [1.54, 1.807) is 6.07 Å². The van der Waals surface area contributed by atoms with Crippen LogP contribution in [0.15, 0.2) is 36.7 Å². The van der Waals surface area contributed by atoms with Gasteiger partial charge in [0, 0.05) is 38.3 Å². The summed E-state index contributed by atoms with van der Waals surface area (Å²) in [5, 5.41) is 0. The molecular formula is C20H21F4N3O2. The first-order valence-corrected chi connectivity index (χ1v) is 9.12. The van der Waals surface area contributed by atoms with E-state index in [4.69, 9.17) is 4.74 Å². The molecule has 3 rings (SSSR count). The summed E-state index contributed by atoms with van der Waals surface area (Å²) in [7, 11) is 0. The molecule has 1 aromatic carbocycles. The van der Waals surface area contributed by atoms with Crippen molar-refractivity contribution in [2.75, 3.05) is 19.6 Å². The average Bonchev–Trinajstić information content (AvgIpc) is 2.62. The summed E-state index contributed by atoms with van der Waals surface area (Å²) >= 11 is 0. The van der Waals surface area contributed by atoms with Crippen molar-refractivity contribution in [1.29, 1.82) is 0 Å². The van der Waals surface area contributed by atoms with Crippen LogP contribution in [-0.4, -0.2) is 46.6 Å². The molecule has 1 unspecified atom stereocenters. The Hall–Kier alpha value is -2.68. The van der Waals surface area contributed by atoms with Gasteiger partial charge in [0.05, 0.1) is 18.0 Å². The SMILES string of the molecule is Cc1c(CN2CCN(C(=O)Oc3cncc(F)c3)C(C)C2)cccc1C(F)(F)F. The molecule has 1 amide bonds. The summed E-state index contributed by atoms with van der Waals surface area (Å²) in [4.78, 5) is 19.5. The highest BCUT2D eigenvalue weighted by Crippen LogP contribution is 2.33. The van der Waals surface area contributed by atoms with Crippen LogP contribution in [0.2, 0.25) is 0 Å². The molecule has 0 radical (unpaired) electrons. The van der Waals surface area contributed by atoms with Gasteiger partial charge in [0.25, 0.3) is 0 Å². The number of aromatic nitrogens is 1. The van der Waals surface area contributed by atoms with E-state index in [1.165, 1.54) is 24.1 Å². The van der Waals surface area contributed by atoms with Gasteiger partial charge in [-0.05, 0) is 31.0 Å². The number of carbonyl (C=O) groups excluding carboxylic acids is 1. The Kier molecular flexibility index (Phi) is 6.07. The number of amides is 1. The van der Waals surface area contributed by atoms with E-state index in [2.05, 4.69) is 4.98 Å². The Bertz CT molecular complexity index is 888. The van der Waals surface area contributed by atoms with Crippen LogP contribution in [-0.2, 0) is 12.7 Å². The zero-order chi connectivity index (χ0) is 21.2. The lowest BCUT2D eigenvalue weighted by molar-refractivity contribution is -0.138. The highest BCUT2D eigenvalue weighted by molar-refractivity contribution is 5.71. The number of pyridine rings is 1. The third-order valence-electron chi connectivity index (χ3n) is 4.98. The van der Waals surface area contributed by atoms with E-state index < -0.39 is 23.7 Å². The minimum absolute atomic E-state index is 0.0178. The minimum atomic E-state index is -4.39. The third-order valence-corrected chi connectivity index (χ3v) is 4.98. The Labute approximate surface area is 165 Å². The number of piperazine rings is 1. The van der Waals surface area contributed by atoms with Crippen LogP contribution in [0.4, 0.5) is 22.4 Å². The fraction of sp³-hybridized carbons (Fsp3) is 0.400. The first-order valence-electron chi connectivity index (χ1n) is 9.12. The van der Waals surface area contributed by atoms with Gasteiger partial charge in [-0.3, -0.25) is 9.88 Å². The summed E-state index contributed by atoms with van der Waals surface area (Å²) < 4.78 is 57.7. The molecule has 0 bridgehead atoms. The number of hydrogen-bond acceptors (Lipinski definition) is 4. The lowest BCUT2D eigenvalue weighted by Crippen LogP contribution is -2.54. The van der Waals surface area contributed by atoms with Gasteiger partial charge in [-0.1, -0.05) is 12.1 Å². The van der Waals surface area contributed by atoms with E-state index in [0.717, 1.165) is 18.3 Å². The van der Waals surface area contributed by atoms with Crippen LogP contribution in [0, 0.1) is 12.7 Å². The number of halogens is 4. The molecule has 1 aliphatic rings. The molecule has 1 fully saturated rings. The summed E-state index contributed by atoms with van der Waals surface area (Å²) in [5.41, 5.74) is 0.191. The molecule has 29 heavy (non-hydrogen) atoms. The maximum Gasteiger partial charge on any atom is 0.416 e. The predicted octanol–water partition coefficient (Wildman–Crippen LogP) is 4.25. The molecule has 0 N–H and O–H groups in total. The van der Waals surface area contributed by atoms with Gasteiger partial charge < -0.3 is 9.64 Å². The average molecular weight is 411 g/mol. The quantitative estimate of drug-likeness (QED) is 0.709. The monoisotopic (exact) mass is 411 g/mol. The van der Waals surface area contributed by atoms with E-state index in [0.29, 0.717) is 31.7 Å². The Morgan fingerprint density at radius 1 is 1.28 bits per heavy atom. The van der Waals surface area contributed by atoms with Gasteiger partial charge in [0.1, 0.15) is 5.82 Å². The van der Waals surface area contributed by atoms with E-state index in [1.807, 2.05) is 11.8 Å². The maximum absolute atomic E-state index is 13.2. The minimum Gasteiger partial charge on any atom is -0.408 e. The second-order valence-electron chi connectivity index (χ2n) is 7.07. The maximum atomic E-state index is 13.2. The van der Waals surface area contributed by atoms with E-state index >= 15 is 0 Å². The molecule has 0 spiro atoms. The van der Waals surface area contributed by atoms with E-state index in [9.17, 15) is 22.4 Å². The standard InChI is InChI=1S/C20H21F4N3O2/c1-13-11-26(12-15-4-3-5-18(14(15)2)20(22,23)24)6-7-27(13)19(28)29-17-8-16(21)9-25-10-17/h3-5,8-10,13H,6-7,11-12H2,1-2H3. The molecule has 1 aromatic heterocycles. The van der Waals surface area contributed by atoms with Crippen molar-refractivity contribution in [1.82, 2.24) is 14.8 Å². The van der Waals surface area contributed by atoms with Gasteiger partial charge in [-0.15, -0.1) is 0 Å². The molecule has 2 heterocycles. The number of hydrogen-bond donors (Lipinski definition) is 0. The largest absolute Gasteiger partial charge is 0.416 e. The summed E-state index contributed by atoms with van der Waals surface area (Å²) in [5.74, 6) is -0.589. The number of ether oxygens (including phenoxy) is 1. The third kappa shape index (κ3) is 5.03. The lowest BCUT2D eigenvalue weighted by atomic mass is 10.0. The van der Waals surface area contributed by atoms with Crippen molar-refractivity contribution < 1.29 is 27.1 Å². The van der Waals surface area contributed by atoms with Crippen molar-refractivity contribution in [2.24, 2.45) is 0 Å².